The molecule has 1 aliphatic rings. The van der Waals surface area contributed by atoms with Crippen molar-refractivity contribution in [3.8, 4) is 0 Å². The summed E-state index contributed by atoms with van der Waals surface area (Å²) in [4.78, 5) is 5.00. The summed E-state index contributed by atoms with van der Waals surface area (Å²) in [7, 11) is 0. The molecule has 266 valence electrons. The Kier molecular flexibility index (Phi) is 7.53. The number of allylic oxidation sites excluding steroid dienone is 2. The first kappa shape index (κ1) is 32.3. The molecule has 0 N–H and O–H groups in total. The Hall–Kier alpha value is -7.10. The summed E-state index contributed by atoms with van der Waals surface area (Å²) in [6.07, 6.45) is 9.04. The molecule has 3 nitrogen and oxygen atoms in total. The van der Waals surface area contributed by atoms with Crippen LogP contribution in [-0.4, -0.2) is 6.04 Å². The third-order valence-electron chi connectivity index (χ3n) is 11.7. The first-order valence-corrected chi connectivity index (χ1v) is 19.5. The van der Waals surface area contributed by atoms with E-state index in [1.165, 1.54) is 27.2 Å². The van der Waals surface area contributed by atoms with Crippen molar-refractivity contribution in [3.05, 3.63) is 200 Å². The van der Waals surface area contributed by atoms with Gasteiger partial charge in [0.15, 0.2) is 0 Å². The Morgan fingerprint density at radius 3 is 1.52 bits per heavy atom. The molecule has 1 heterocycles. The van der Waals surface area contributed by atoms with Crippen molar-refractivity contribution < 1.29 is 4.42 Å². The number of furan rings is 1. The molecule has 0 bridgehead atoms. The molecular weight excluding hydrogens is 681 g/mol. The molecule has 1 aromatic heterocycles. The van der Waals surface area contributed by atoms with Crippen molar-refractivity contribution in [1.29, 1.82) is 0 Å². The van der Waals surface area contributed by atoms with E-state index < -0.39 is 0 Å². The average molecular weight is 719 g/mol. The number of anilines is 5. The van der Waals surface area contributed by atoms with Gasteiger partial charge in [-0.1, -0.05) is 171 Å². The predicted molar refractivity (Wildman–Crippen MR) is 238 cm³/mol. The largest absolute Gasteiger partial charge is 0.455 e. The van der Waals surface area contributed by atoms with Gasteiger partial charge < -0.3 is 14.2 Å². The zero-order valence-corrected chi connectivity index (χ0v) is 31.0. The highest BCUT2D eigenvalue weighted by Gasteiger charge is 2.29. The molecule has 56 heavy (non-hydrogen) atoms. The fourth-order valence-electron chi connectivity index (χ4n) is 9.05. The topological polar surface area (TPSA) is 19.6 Å². The van der Waals surface area contributed by atoms with Crippen LogP contribution in [0.1, 0.15) is 6.92 Å². The molecule has 3 heteroatoms. The highest BCUT2D eigenvalue weighted by Crippen LogP contribution is 2.49. The van der Waals surface area contributed by atoms with Gasteiger partial charge in [-0.3, -0.25) is 0 Å². The first-order chi connectivity index (χ1) is 27.7. The Labute approximate surface area is 325 Å². The monoisotopic (exact) mass is 718 g/mol. The van der Waals surface area contributed by atoms with Crippen molar-refractivity contribution in [2.24, 2.45) is 5.92 Å². The number of hydrogen-bond donors (Lipinski definition) is 0. The van der Waals surface area contributed by atoms with Gasteiger partial charge in [-0.05, 0) is 53.1 Å². The summed E-state index contributed by atoms with van der Waals surface area (Å²) in [5, 5.41) is 11.5. The minimum atomic E-state index is 0.0983. The Morgan fingerprint density at radius 2 is 0.875 bits per heavy atom. The van der Waals surface area contributed by atoms with Gasteiger partial charge in [0.05, 0.1) is 23.1 Å². The van der Waals surface area contributed by atoms with Crippen LogP contribution in [0.4, 0.5) is 28.4 Å². The standard InChI is InChI=1S/C53H38N2O/c1-35-17-5-14-30-47(35)55(49-32-16-21-37-19-7-9-25-40(37)49)51-34-46-45-33-50(41-26-10-12-28-43(41)52(45)56-53(46)44-29-13-11-27-42(44)51)54(38-22-3-2-4-23-38)48-31-15-20-36-18-6-8-24-39(36)48/h2-35,47H,1H3. The van der Waals surface area contributed by atoms with Crippen molar-refractivity contribution in [2.75, 3.05) is 9.80 Å². The summed E-state index contributed by atoms with van der Waals surface area (Å²) < 4.78 is 7.11. The summed E-state index contributed by atoms with van der Waals surface area (Å²) in [6, 6.07) is 63.7. The van der Waals surface area contributed by atoms with Gasteiger partial charge in [0.25, 0.3) is 0 Å². The number of nitrogens with zero attached hydrogens (tertiary/aromatic N) is 2. The fraction of sp³-hybridized carbons (Fsp3) is 0.0566. The molecule has 0 aliphatic heterocycles. The van der Waals surface area contributed by atoms with Gasteiger partial charge in [0, 0.05) is 54.5 Å². The van der Waals surface area contributed by atoms with Crippen molar-refractivity contribution in [3.63, 3.8) is 0 Å². The van der Waals surface area contributed by atoms with Crippen LogP contribution in [0, 0.1) is 5.92 Å². The summed E-state index contributed by atoms with van der Waals surface area (Å²) in [6.45, 7) is 2.32. The van der Waals surface area contributed by atoms with E-state index in [0.29, 0.717) is 0 Å². The molecule has 2 unspecified atom stereocenters. The Bertz CT molecular complexity index is 3180. The highest BCUT2D eigenvalue weighted by atomic mass is 16.3. The lowest BCUT2D eigenvalue weighted by atomic mass is 9.92. The van der Waals surface area contributed by atoms with Crippen LogP contribution in [0.25, 0.3) is 65.0 Å². The van der Waals surface area contributed by atoms with Gasteiger partial charge in [-0.2, -0.15) is 0 Å². The second-order valence-corrected chi connectivity index (χ2v) is 14.9. The van der Waals surface area contributed by atoms with Crippen molar-refractivity contribution >= 4 is 93.5 Å². The van der Waals surface area contributed by atoms with Crippen molar-refractivity contribution in [1.82, 2.24) is 0 Å². The molecule has 0 spiro atoms. The van der Waals surface area contributed by atoms with E-state index in [1.54, 1.807) is 0 Å². The molecular formula is C53H38N2O. The molecule has 0 saturated carbocycles. The SMILES string of the molecule is CC1C=CC=CC1N(c1cccc2ccccc12)c1cc2c3cc(N(c4ccccc4)c4cccc5ccccc45)c4ccccc4c3oc2c2ccccc12. The van der Waals surface area contributed by atoms with Crippen LogP contribution in [-0.2, 0) is 0 Å². The van der Waals surface area contributed by atoms with E-state index in [1.807, 2.05) is 0 Å². The zero-order valence-electron chi connectivity index (χ0n) is 31.0. The number of para-hydroxylation sites is 1. The number of rotatable bonds is 6. The van der Waals surface area contributed by atoms with Gasteiger partial charge in [-0.25, -0.2) is 0 Å². The maximum Gasteiger partial charge on any atom is 0.143 e. The van der Waals surface area contributed by atoms with Crippen LogP contribution < -0.4 is 9.80 Å². The molecule has 0 radical (unpaired) electrons. The van der Waals surface area contributed by atoms with Gasteiger partial charge in [0.1, 0.15) is 11.2 Å². The van der Waals surface area contributed by atoms with E-state index >= 15 is 0 Å². The minimum Gasteiger partial charge on any atom is -0.455 e. The minimum absolute atomic E-state index is 0.0983. The average Bonchev–Trinajstić information content (AvgIpc) is 3.64. The van der Waals surface area contributed by atoms with Crippen LogP contribution in [0.15, 0.2) is 205 Å². The van der Waals surface area contributed by atoms with E-state index in [0.717, 1.165) is 66.2 Å². The lowest BCUT2D eigenvalue weighted by molar-refractivity contribution is 0.611. The molecule has 2 atom stereocenters. The zero-order chi connectivity index (χ0) is 37.2. The molecule has 0 saturated heterocycles. The van der Waals surface area contributed by atoms with Crippen LogP contribution in [0.2, 0.25) is 0 Å². The maximum atomic E-state index is 7.11. The highest BCUT2D eigenvalue weighted by molar-refractivity contribution is 6.25. The van der Waals surface area contributed by atoms with Gasteiger partial charge in [0.2, 0.25) is 0 Å². The second kappa shape index (κ2) is 13.0. The molecule has 0 amide bonds. The smallest absolute Gasteiger partial charge is 0.143 e. The fourth-order valence-corrected chi connectivity index (χ4v) is 9.05. The van der Waals surface area contributed by atoms with Crippen LogP contribution in [0.3, 0.4) is 0 Å². The summed E-state index contributed by atoms with van der Waals surface area (Å²) >= 11 is 0. The predicted octanol–water partition coefficient (Wildman–Crippen LogP) is 14.9. The molecule has 1 aliphatic carbocycles. The Morgan fingerprint density at radius 1 is 0.393 bits per heavy atom. The van der Waals surface area contributed by atoms with E-state index in [4.69, 9.17) is 4.42 Å². The lowest BCUT2D eigenvalue weighted by Crippen LogP contribution is -2.35. The first-order valence-electron chi connectivity index (χ1n) is 19.5. The molecule has 10 aromatic rings. The van der Waals surface area contributed by atoms with E-state index in [-0.39, 0.29) is 12.0 Å². The number of fused-ring (bicyclic) bond motifs is 9. The van der Waals surface area contributed by atoms with E-state index in [9.17, 15) is 0 Å². The second-order valence-electron chi connectivity index (χ2n) is 14.9. The third-order valence-corrected chi connectivity index (χ3v) is 11.7. The molecule has 11 rings (SSSR count). The summed E-state index contributed by atoms with van der Waals surface area (Å²) in [5.41, 5.74) is 7.49. The van der Waals surface area contributed by atoms with Crippen LogP contribution >= 0.6 is 0 Å². The normalized spacial score (nSPS) is 15.4. The lowest BCUT2D eigenvalue weighted by Gasteiger charge is -2.37. The van der Waals surface area contributed by atoms with Gasteiger partial charge in [-0.15, -0.1) is 0 Å². The Balaban J connectivity index is 1.25. The van der Waals surface area contributed by atoms with Crippen molar-refractivity contribution in [2.45, 2.75) is 13.0 Å². The molecule has 0 fully saturated rings. The number of hydrogen-bond acceptors (Lipinski definition) is 3. The third kappa shape index (κ3) is 5.05. The quantitative estimate of drug-likeness (QED) is 0.171. The van der Waals surface area contributed by atoms with E-state index in [2.05, 4.69) is 217 Å². The number of benzene rings is 9. The molecule has 9 aromatic carbocycles. The van der Waals surface area contributed by atoms with Gasteiger partial charge >= 0.3 is 0 Å². The maximum absolute atomic E-state index is 7.11. The van der Waals surface area contributed by atoms with Crippen LogP contribution in [0.5, 0.6) is 0 Å². The summed E-state index contributed by atoms with van der Waals surface area (Å²) in [5.74, 6) is 0.283.